The largest absolute Gasteiger partial charge is 1.00 e. The maximum atomic E-state index is 11.7. The first-order valence-electron chi connectivity index (χ1n) is 8.26. The molecule has 136 valence electrons. The van der Waals surface area contributed by atoms with Crippen LogP contribution in [0.15, 0.2) is 29.2 Å². The van der Waals surface area contributed by atoms with Crippen LogP contribution in [0, 0.1) is 0 Å². The molecule has 1 rings (SSSR count). The molecule has 0 heterocycles. The summed E-state index contributed by atoms with van der Waals surface area (Å²) < 4.78 is 37.5. The number of ether oxygens (including phenoxy) is 1. The van der Waals surface area contributed by atoms with E-state index in [9.17, 15) is 17.8 Å². The number of benzene rings is 1. The summed E-state index contributed by atoms with van der Waals surface area (Å²) >= 11 is 3.42. The van der Waals surface area contributed by atoms with Crippen molar-refractivity contribution in [2.24, 2.45) is 0 Å². The van der Waals surface area contributed by atoms with Gasteiger partial charge < -0.3 is 9.29 Å². The van der Waals surface area contributed by atoms with E-state index in [0.717, 1.165) is 36.7 Å². The number of halogens is 1. The summed E-state index contributed by atoms with van der Waals surface area (Å²) in [7, 11) is -4.47. The maximum absolute atomic E-state index is 11.7. The molecule has 0 aromatic heterocycles. The number of carbonyl (C=O) groups excluding carboxylic acids is 1. The van der Waals surface area contributed by atoms with Crippen molar-refractivity contribution >= 4 is 32.0 Å². The van der Waals surface area contributed by atoms with Gasteiger partial charge in [-0.3, -0.25) is 4.79 Å². The average Bonchev–Trinajstić information content (AvgIpc) is 2.53. The van der Waals surface area contributed by atoms with E-state index in [1.54, 1.807) is 0 Å². The standard InChI is InChI=1S/C17H25BrO5S.Na/c18-14-8-6-4-2-1-3-5-7-9-17(19)23-15-10-12-16(13-11-15)24(20,21)22;/h10-13H,1-9,14H2,(H,20,21,22);/q;+1/p-1. The summed E-state index contributed by atoms with van der Waals surface area (Å²) in [6.07, 6.45) is 9.45. The van der Waals surface area contributed by atoms with E-state index in [-0.39, 0.29) is 46.2 Å². The van der Waals surface area contributed by atoms with Crippen molar-refractivity contribution in [2.75, 3.05) is 5.33 Å². The van der Waals surface area contributed by atoms with E-state index in [1.807, 2.05) is 0 Å². The van der Waals surface area contributed by atoms with E-state index < -0.39 is 10.1 Å². The number of hydrogen-bond donors (Lipinski definition) is 0. The van der Waals surface area contributed by atoms with Crippen LogP contribution in [0.3, 0.4) is 0 Å². The number of alkyl halides is 1. The zero-order valence-electron chi connectivity index (χ0n) is 14.7. The van der Waals surface area contributed by atoms with Gasteiger partial charge >= 0.3 is 35.5 Å². The Morgan fingerprint density at radius 2 is 1.40 bits per heavy atom. The molecule has 0 atom stereocenters. The predicted octanol–water partition coefficient (Wildman–Crippen LogP) is 1.41. The molecule has 0 saturated carbocycles. The van der Waals surface area contributed by atoms with E-state index in [0.29, 0.717) is 6.42 Å². The fourth-order valence-corrected chi connectivity index (χ4v) is 3.15. The van der Waals surface area contributed by atoms with Gasteiger partial charge in [0.1, 0.15) is 15.9 Å². The molecule has 0 fully saturated rings. The Balaban J connectivity index is 0.00000576. The van der Waals surface area contributed by atoms with E-state index in [2.05, 4.69) is 15.9 Å². The molecule has 5 nitrogen and oxygen atoms in total. The zero-order chi connectivity index (χ0) is 17.8. The number of esters is 1. The van der Waals surface area contributed by atoms with Gasteiger partial charge in [0.05, 0.1) is 4.90 Å². The van der Waals surface area contributed by atoms with Crippen molar-refractivity contribution in [3.05, 3.63) is 24.3 Å². The first-order chi connectivity index (χ1) is 11.4. The molecule has 1 aromatic rings. The Morgan fingerprint density at radius 3 is 1.88 bits per heavy atom. The maximum Gasteiger partial charge on any atom is 1.00 e. The third-order valence-electron chi connectivity index (χ3n) is 3.61. The number of rotatable bonds is 12. The van der Waals surface area contributed by atoms with Gasteiger partial charge in [0.25, 0.3) is 0 Å². The summed E-state index contributed by atoms with van der Waals surface area (Å²) in [5.74, 6) is -0.0933. The molecule has 8 heteroatoms. The molecule has 25 heavy (non-hydrogen) atoms. The second kappa shape index (κ2) is 14.2. The molecular weight excluding hydrogens is 419 g/mol. The van der Waals surface area contributed by atoms with Gasteiger partial charge in [-0.2, -0.15) is 0 Å². The summed E-state index contributed by atoms with van der Waals surface area (Å²) in [4.78, 5) is 11.4. The van der Waals surface area contributed by atoms with Crippen LogP contribution in [0.25, 0.3) is 0 Å². The van der Waals surface area contributed by atoms with Gasteiger partial charge in [0.2, 0.25) is 0 Å². The van der Waals surface area contributed by atoms with Crippen LogP contribution in [-0.4, -0.2) is 24.3 Å². The molecule has 0 N–H and O–H groups in total. The van der Waals surface area contributed by atoms with Crippen LogP contribution in [0.1, 0.15) is 57.8 Å². The Labute approximate surface area is 181 Å². The number of hydrogen-bond acceptors (Lipinski definition) is 5. The third kappa shape index (κ3) is 12.2. The fourth-order valence-electron chi connectivity index (χ4n) is 2.28. The minimum absolute atomic E-state index is 0. The first kappa shape index (κ1) is 25.1. The van der Waals surface area contributed by atoms with Crippen molar-refractivity contribution < 1.29 is 52.1 Å². The van der Waals surface area contributed by atoms with Crippen LogP contribution >= 0.6 is 15.9 Å². The van der Waals surface area contributed by atoms with Gasteiger partial charge in [0, 0.05) is 11.8 Å². The smallest absolute Gasteiger partial charge is 0.744 e. The molecule has 0 saturated heterocycles. The van der Waals surface area contributed by atoms with Crippen molar-refractivity contribution in [1.82, 2.24) is 0 Å². The first-order valence-corrected chi connectivity index (χ1v) is 10.8. The molecule has 1 aromatic carbocycles. The third-order valence-corrected chi connectivity index (χ3v) is 5.02. The number of carbonyl (C=O) groups is 1. The quantitative estimate of drug-likeness (QED) is 0.122. The topological polar surface area (TPSA) is 83.5 Å². The zero-order valence-corrected chi connectivity index (χ0v) is 19.1. The van der Waals surface area contributed by atoms with Crippen molar-refractivity contribution in [3.8, 4) is 5.75 Å². The molecule has 0 aliphatic carbocycles. The number of unbranched alkanes of at least 4 members (excludes halogenated alkanes) is 7. The van der Waals surface area contributed by atoms with Gasteiger partial charge in [-0.1, -0.05) is 54.5 Å². The summed E-state index contributed by atoms with van der Waals surface area (Å²) in [6.45, 7) is 0. The monoisotopic (exact) mass is 442 g/mol. The van der Waals surface area contributed by atoms with E-state index >= 15 is 0 Å². The van der Waals surface area contributed by atoms with Crippen LogP contribution in [0.2, 0.25) is 0 Å². The Bertz CT molecular complexity index is 590. The summed E-state index contributed by atoms with van der Waals surface area (Å²) in [5.41, 5.74) is 0. The van der Waals surface area contributed by atoms with Crippen LogP contribution in [-0.2, 0) is 14.9 Å². The Hall–Kier alpha value is 0.0800. The van der Waals surface area contributed by atoms with Gasteiger partial charge in [-0.25, -0.2) is 8.42 Å². The fraction of sp³-hybridized carbons (Fsp3) is 0.588. The van der Waals surface area contributed by atoms with Crippen LogP contribution < -0.4 is 34.3 Å². The minimum atomic E-state index is -4.47. The van der Waals surface area contributed by atoms with Crippen molar-refractivity contribution in [2.45, 2.75) is 62.7 Å². The average molecular weight is 443 g/mol. The minimum Gasteiger partial charge on any atom is -0.744 e. The Morgan fingerprint density at radius 1 is 0.920 bits per heavy atom. The molecule has 0 unspecified atom stereocenters. The van der Waals surface area contributed by atoms with Gasteiger partial charge in [-0.05, 0) is 37.1 Å². The molecule has 0 aliphatic heterocycles. The second-order valence-corrected chi connectivity index (χ2v) is 7.84. The predicted molar refractivity (Wildman–Crippen MR) is 95.4 cm³/mol. The molecular formula is C17H24BrNaO5S. The SMILES string of the molecule is O=C(CCCCCCCCCCBr)Oc1ccc(S(=O)(=O)[O-])cc1.[Na+]. The molecule has 0 bridgehead atoms. The second-order valence-electron chi connectivity index (χ2n) is 5.67. The normalized spacial score (nSPS) is 11.0. The Kier molecular flexibility index (Phi) is 14.2. The molecule has 0 radical (unpaired) electrons. The van der Waals surface area contributed by atoms with E-state index in [4.69, 9.17) is 4.74 Å². The summed E-state index contributed by atoms with van der Waals surface area (Å²) in [6, 6.07) is 4.91. The molecule has 0 amide bonds. The van der Waals surface area contributed by atoms with Crippen LogP contribution in [0.5, 0.6) is 5.75 Å². The van der Waals surface area contributed by atoms with Crippen molar-refractivity contribution in [1.29, 1.82) is 0 Å². The van der Waals surface area contributed by atoms with Gasteiger partial charge in [-0.15, -0.1) is 0 Å². The van der Waals surface area contributed by atoms with E-state index in [1.165, 1.54) is 44.2 Å². The molecule has 0 aliphatic rings. The molecule has 0 spiro atoms. The van der Waals surface area contributed by atoms with Gasteiger partial charge in [0.15, 0.2) is 0 Å². The summed E-state index contributed by atoms with van der Waals surface area (Å²) in [5, 5.41) is 1.07. The van der Waals surface area contributed by atoms with Crippen molar-refractivity contribution in [3.63, 3.8) is 0 Å². The van der Waals surface area contributed by atoms with Crippen LogP contribution in [0.4, 0.5) is 0 Å².